The van der Waals surface area contributed by atoms with E-state index in [-0.39, 0.29) is 11.2 Å². The zero-order chi connectivity index (χ0) is 20.8. The molecule has 0 atom stereocenters. The number of ether oxygens (including phenoxy) is 2. The van der Waals surface area contributed by atoms with Crippen LogP contribution >= 0.6 is 0 Å². The van der Waals surface area contributed by atoms with Crippen LogP contribution in [0.5, 0.6) is 11.5 Å². The van der Waals surface area contributed by atoms with Gasteiger partial charge in [-0.3, -0.25) is 9.78 Å². The van der Waals surface area contributed by atoms with Crippen LogP contribution in [0.1, 0.15) is 36.3 Å². The molecule has 6 rings (SSSR count). The Hall–Kier alpha value is -3.48. The second kappa shape index (κ2) is 5.56. The van der Waals surface area contributed by atoms with Gasteiger partial charge in [-0.1, -0.05) is 19.1 Å². The molecule has 7 nitrogen and oxygen atoms in total. The third-order valence-electron chi connectivity index (χ3n) is 6.20. The minimum absolute atomic E-state index is 0.111. The molecule has 1 aliphatic carbocycles. The molecule has 0 radical (unpaired) electrons. The van der Waals surface area contributed by atoms with Crippen LogP contribution in [-0.4, -0.2) is 39.8 Å². The van der Waals surface area contributed by atoms with E-state index < -0.39 is 0 Å². The monoisotopic (exact) mass is 400 g/mol. The first kappa shape index (κ1) is 17.4. The fourth-order valence-corrected chi connectivity index (χ4v) is 4.96. The molecule has 0 fully saturated rings. The van der Waals surface area contributed by atoms with E-state index in [1.807, 2.05) is 28.8 Å². The molecule has 0 saturated heterocycles. The number of hydrogen-bond acceptors (Lipinski definition) is 6. The molecule has 3 heterocycles. The lowest BCUT2D eigenvalue weighted by atomic mass is 9.74. The summed E-state index contributed by atoms with van der Waals surface area (Å²) in [5.41, 5.74) is 4.78. The second-order valence-corrected chi connectivity index (χ2v) is 8.80. The van der Waals surface area contributed by atoms with Crippen molar-refractivity contribution in [3.05, 3.63) is 35.5 Å². The minimum Gasteiger partial charge on any atom is -0.493 e. The molecule has 3 aromatic heterocycles. The van der Waals surface area contributed by atoms with Crippen molar-refractivity contribution in [1.82, 2.24) is 19.8 Å². The Morgan fingerprint density at radius 1 is 1.00 bits per heavy atom. The number of pyridine rings is 2. The number of carbonyl (C=O) groups excluding carboxylic acids is 1. The highest BCUT2D eigenvalue weighted by atomic mass is 16.5. The van der Waals surface area contributed by atoms with Crippen molar-refractivity contribution in [2.24, 2.45) is 5.41 Å². The first-order chi connectivity index (χ1) is 14.4. The van der Waals surface area contributed by atoms with Gasteiger partial charge in [0.25, 0.3) is 0 Å². The Kier molecular flexibility index (Phi) is 3.22. The Labute approximate surface area is 171 Å². The SMILES string of the molecule is COc1cc2c3c4c(nc5ccc6nnn(c2cc1OC)c6c53)CC(C)(C)CC4=O. The minimum atomic E-state index is -0.111. The summed E-state index contributed by atoms with van der Waals surface area (Å²) >= 11 is 0. The van der Waals surface area contributed by atoms with Crippen LogP contribution in [0, 0.1) is 5.41 Å². The van der Waals surface area contributed by atoms with Crippen LogP contribution in [0.3, 0.4) is 0 Å². The molecule has 0 saturated carbocycles. The van der Waals surface area contributed by atoms with Gasteiger partial charge in [-0.15, -0.1) is 5.10 Å². The van der Waals surface area contributed by atoms with E-state index in [0.29, 0.717) is 17.9 Å². The Morgan fingerprint density at radius 2 is 1.73 bits per heavy atom. The van der Waals surface area contributed by atoms with Crippen LogP contribution in [0.4, 0.5) is 0 Å². The van der Waals surface area contributed by atoms with E-state index in [1.165, 1.54) is 0 Å². The van der Waals surface area contributed by atoms with Gasteiger partial charge in [0.1, 0.15) is 11.0 Å². The van der Waals surface area contributed by atoms with Crippen molar-refractivity contribution in [2.45, 2.75) is 26.7 Å². The van der Waals surface area contributed by atoms with Gasteiger partial charge in [-0.25, -0.2) is 4.52 Å². The summed E-state index contributed by atoms with van der Waals surface area (Å²) in [6.07, 6.45) is 1.26. The van der Waals surface area contributed by atoms with E-state index in [4.69, 9.17) is 14.5 Å². The molecule has 0 spiro atoms. The second-order valence-electron chi connectivity index (χ2n) is 8.80. The highest BCUT2D eigenvalue weighted by molar-refractivity contribution is 6.28. The summed E-state index contributed by atoms with van der Waals surface area (Å²) in [5, 5.41) is 11.5. The van der Waals surface area contributed by atoms with E-state index in [2.05, 4.69) is 24.2 Å². The van der Waals surface area contributed by atoms with Gasteiger partial charge in [0, 0.05) is 34.2 Å². The fourth-order valence-electron chi connectivity index (χ4n) is 4.96. The summed E-state index contributed by atoms with van der Waals surface area (Å²) < 4.78 is 12.9. The van der Waals surface area contributed by atoms with E-state index in [9.17, 15) is 4.79 Å². The molecule has 0 amide bonds. The molecule has 0 unspecified atom stereocenters. The summed E-state index contributed by atoms with van der Waals surface area (Å²) in [6, 6.07) is 7.73. The number of nitrogens with zero attached hydrogens (tertiary/aromatic N) is 4. The Balaban J connectivity index is 1.92. The number of Topliss-reactive ketones (excluding diaryl/α,β-unsaturated/α-hetero) is 1. The van der Waals surface area contributed by atoms with Crippen molar-refractivity contribution < 1.29 is 14.3 Å². The summed E-state index contributed by atoms with van der Waals surface area (Å²) in [6.45, 7) is 4.24. The summed E-state index contributed by atoms with van der Waals surface area (Å²) in [4.78, 5) is 18.3. The fraction of sp³-hybridized carbons (Fsp3) is 0.304. The van der Waals surface area contributed by atoms with Gasteiger partial charge in [0.05, 0.1) is 30.9 Å². The first-order valence-electron chi connectivity index (χ1n) is 9.93. The van der Waals surface area contributed by atoms with Gasteiger partial charge in [-0.2, -0.15) is 0 Å². The quantitative estimate of drug-likeness (QED) is 0.327. The van der Waals surface area contributed by atoms with Crippen LogP contribution in [0.15, 0.2) is 24.3 Å². The maximum absolute atomic E-state index is 13.4. The zero-order valence-electron chi connectivity index (χ0n) is 17.2. The summed E-state index contributed by atoms with van der Waals surface area (Å²) in [5.74, 6) is 1.34. The Bertz CT molecular complexity index is 1520. The average Bonchev–Trinajstić information content (AvgIpc) is 3.15. The standard InChI is InChI=1S/C23H20N4O3/c1-23(2)9-14-20(16(28)10-23)19-11-7-17(29-3)18(30-4)8-15(11)27-22-13(25-26-27)6-5-12(24-14)21(19)22/h5-8H,9-10H2,1-4H3. The maximum atomic E-state index is 13.4. The molecule has 2 aromatic carbocycles. The number of aromatic nitrogens is 4. The number of benzene rings is 2. The van der Waals surface area contributed by atoms with E-state index in [0.717, 1.165) is 55.9 Å². The van der Waals surface area contributed by atoms with E-state index in [1.54, 1.807) is 14.2 Å². The van der Waals surface area contributed by atoms with Crippen molar-refractivity contribution in [2.75, 3.05) is 14.2 Å². The lowest BCUT2D eigenvalue weighted by molar-refractivity contribution is 0.0912. The van der Waals surface area contributed by atoms with Crippen LogP contribution in [0.25, 0.3) is 38.2 Å². The van der Waals surface area contributed by atoms with Crippen LogP contribution in [0.2, 0.25) is 0 Å². The lowest BCUT2D eigenvalue weighted by Gasteiger charge is -2.30. The van der Waals surface area contributed by atoms with Crippen molar-refractivity contribution >= 4 is 44.0 Å². The zero-order valence-corrected chi connectivity index (χ0v) is 17.2. The smallest absolute Gasteiger partial charge is 0.165 e. The lowest BCUT2D eigenvalue weighted by Crippen LogP contribution is -2.28. The van der Waals surface area contributed by atoms with Crippen molar-refractivity contribution in [3.8, 4) is 11.5 Å². The van der Waals surface area contributed by atoms with E-state index >= 15 is 0 Å². The normalized spacial score (nSPS) is 16.1. The molecular weight excluding hydrogens is 380 g/mol. The number of hydrogen-bond donors (Lipinski definition) is 0. The van der Waals surface area contributed by atoms with Gasteiger partial charge < -0.3 is 9.47 Å². The highest BCUT2D eigenvalue weighted by Crippen LogP contribution is 2.44. The molecular formula is C23H20N4O3. The first-order valence-corrected chi connectivity index (χ1v) is 9.93. The molecule has 150 valence electrons. The third kappa shape index (κ3) is 2.09. The van der Waals surface area contributed by atoms with Gasteiger partial charge in [0.2, 0.25) is 0 Å². The molecule has 7 heteroatoms. The molecule has 30 heavy (non-hydrogen) atoms. The Morgan fingerprint density at radius 3 is 2.50 bits per heavy atom. The van der Waals surface area contributed by atoms with Crippen molar-refractivity contribution in [3.63, 3.8) is 0 Å². The van der Waals surface area contributed by atoms with Crippen molar-refractivity contribution in [1.29, 1.82) is 0 Å². The van der Waals surface area contributed by atoms with Gasteiger partial charge >= 0.3 is 0 Å². The number of rotatable bonds is 2. The molecule has 0 bridgehead atoms. The number of fused-ring (bicyclic) bond motifs is 5. The van der Waals surface area contributed by atoms with Crippen LogP contribution in [-0.2, 0) is 6.42 Å². The largest absolute Gasteiger partial charge is 0.493 e. The topological polar surface area (TPSA) is 78.6 Å². The molecule has 0 aliphatic heterocycles. The predicted molar refractivity (Wildman–Crippen MR) is 114 cm³/mol. The average molecular weight is 400 g/mol. The number of methoxy groups -OCH3 is 2. The van der Waals surface area contributed by atoms with Crippen LogP contribution < -0.4 is 9.47 Å². The third-order valence-corrected chi connectivity index (χ3v) is 6.20. The highest BCUT2D eigenvalue weighted by Gasteiger charge is 2.35. The molecule has 5 aromatic rings. The van der Waals surface area contributed by atoms with Gasteiger partial charge in [-0.05, 0) is 30.0 Å². The molecule has 1 aliphatic rings. The van der Waals surface area contributed by atoms with Gasteiger partial charge in [0.15, 0.2) is 17.3 Å². The maximum Gasteiger partial charge on any atom is 0.165 e. The number of ketones is 1. The summed E-state index contributed by atoms with van der Waals surface area (Å²) in [7, 11) is 3.22. The number of carbonyl (C=O) groups is 1. The predicted octanol–water partition coefficient (Wildman–Crippen LogP) is 4.19. The molecule has 0 N–H and O–H groups in total.